The monoisotopic (exact) mass is 337 g/mol. The Balaban J connectivity index is 1.99. The summed E-state index contributed by atoms with van der Waals surface area (Å²) < 4.78 is 5.70. The van der Waals surface area contributed by atoms with Crippen LogP contribution >= 0.6 is 0 Å². The molecule has 1 amide bonds. The molecule has 1 aliphatic rings. The van der Waals surface area contributed by atoms with Crippen molar-refractivity contribution in [3.05, 3.63) is 76.6 Å². The van der Waals surface area contributed by atoms with E-state index in [9.17, 15) is 14.9 Å². The molecule has 126 valence electrons. The molecule has 0 aromatic heterocycles. The zero-order valence-electron chi connectivity index (χ0n) is 13.2. The lowest BCUT2D eigenvalue weighted by molar-refractivity contribution is -0.384. The number of nitrogen functional groups attached to an aromatic ring is 1. The molecule has 0 radical (unpaired) electrons. The SMILES string of the molecule is C=CCN1C(=O)/C(=C\c2ccc([N+](=O)[O-])cc2)Oc2ccc(N)cc21. The molecule has 1 aliphatic heterocycles. The van der Waals surface area contributed by atoms with E-state index in [0.717, 1.165) is 0 Å². The zero-order valence-corrected chi connectivity index (χ0v) is 13.2. The summed E-state index contributed by atoms with van der Waals surface area (Å²) >= 11 is 0. The van der Waals surface area contributed by atoms with Crippen molar-refractivity contribution in [1.29, 1.82) is 0 Å². The quantitative estimate of drug-likeness (QED) is 0.304. The van der Waals surface area contributed by atoms with Gasteiger partial charge in [-0.2, -0.15) is 0 Å². The molecule has 0 spiro atoms. The molecular formula is C18H15N3O4. The summed E-state index contributed by atoms with van der Waals surface area (Å²) in [5, 5.41) is 10.7. The average Bonchev–Trinajstić information content (AvgIpc) is 2.59. The number of benzene rings is 2. The fourth-order valence-corrected chi connectivity index (χ4v) is 2.48. The fraction of sp³-hybridized carbons (Fsp3) is 0.0556. The molecule has 2 aromatic carbocycles. The van der Waals surface area contributed by atoms with E-state index < -0.39 is 4.92 Å². The molecule has 0 fully saturated rings. The van der Waals surface area contributed by atoms with Gasteiger partial charge in [0.25, 0.3) is 11.6 Å². The smallest absolute Gasteiger partial charge is 0.294 e. The number of amides is 1. The first-order chi connectivity index (χ1) is 12.0. The second kappa shape index (κ2) is 6.48. The van der Waals surface area contributed by atoms with Gasteiger partial charge in [0.1, 0.15) is 0 Å². The number of hydrogen-bond acceptors (Lipinski definition) is 5. The van der Waals surface area contributed by atoms with Gasteiger partial charge in [-0.25, -0.2) is 0 Å². The van der Waals surface area contributed by atoms with Gasteiger partial charge >= 0.3 is 0 Å². The Kier molecular flexibility index (Phi) is 4.21. The Hall–Kier alpha value is -3.61. The van der Waals surface area contributed by atoms with Gasteiger partial charge in [-0.15, -0.1) is 6.58 Å². The number of nitrogens with two attached hydrogens (primary N) is 1. The Morgan fingerprint density at radius 3 is 2.60 bits per heavy atom. The Morgan fingerprint density at radius 1 is 1.24 bits per heavy atom. The first kappa shape index (κ1) is 16.3. The van der Waals surface area contributed by atoms with Gasteiger partial charge in [0.15, 0.2) is 11.5 Å². The van der Waals surface area contributed by atoms with Crippen LogP contribution in [0.4, 0.5) is 17.1 Å². The number of rotatable bonds is 4. The number of non-ortho nitro benzene ring substituents is 1. The third-order valence-corrected chi connectivity index (χ3v) is 3.66. The minimum absolute atomic E-state index is 0.0212. The number of carbonyl (C=O) groups is 1. The third kappa shape index (κ3) is 3.20. The standard InChI is InChI=1S/C18H15N3O4/c1-2-9-20-15-11-13(19)5-8-16(15)25-17(18(20)22)10-12-3-6-14(7-4-12)21(23)24/h2-8,10-11H,1,9,19H2/b17-10+. The molecule has 0 saturated heterocycles. The van der Waals surface area contributed by atoms with Gasteiger partial charge in [-0.3, -0.25) is 19.8 Å². The molecule has 0 atom stereocenters. The van der Waals surface area contributed by atoms with E-state index in [1.54, 1.807) is 42.5 Å². The van der Waals surface area contributed by atoms with Crippen LogP contribution in [0.3, 0.4) is 0 Å². The molecule has 3 rings (SSSR count). The average molecular weight is 337 g/mol. The third-order valence-electron chi connectivity index (χ3n) is 3.66. The van der Waals surface area contributed by atoms with Crippen LogP contribution in [-0.4, -0.2) is 17.4 Å². The minimum atomic E-state index is -0.481. The van der Waals surface area contributed by atoms with E-state index in [4.69, 9.17) is 10.5 Å². The van der Waals surface area contributed by atoms with Gasteiger partial charge in [0.2, 0.25) is 0 Å². The highest BCUT2D eigenvalue weighted by molar-refractivity contribution is 6.10. The molecular weight excluding hydrogens is 322 g/mol. The molecule has 7 nitrogen and oxygen atoms in total. The minimum Gasteiger partial charge on any atom is -0.449 e. The summed E-state index contributed by atoms with van der Waals surface area (Å²) in [4.78, 5) is 24.5. The summed E-state index contributed by atoms with van der Waals surface area (Å²) in [5.41, 5.74) is 7.48. The number of ether oxygens (including phenoxy) is 1. The van der Waals surface area contributed by atoms with Crippen molar-refractivity contribution in [3.63, 3.8) is 0 Å². The largest absolute Gasteiger partial charge is 0.449 e. The summed E-state index contributed by atoms with van der Waals surface area (Å²) in [6, 6.07) is 10.9. The second-order valence-corrected chi connectivity index (χ2v) is 5.39. The molecule has 0 aliphatic carbocycles. The van der Waals surface area contributed by atoms with Gasteiger partial charge < -0.3 is 10.5 Å². The first-order valence-corrected chi connectivity index (χ1v) is 7.46. The molecule has 2 N–H and O–H groups in total. The van der Waals surface area contributed by atoms with Crippen molar-refractivity contribution in [2.75, 3.05) is 17.2 Å². The molecule has 0 unspecified atom stereocenters. The van der Waals surface area contributed by atoms with E-state index in [-0.39, 0.29) is 17.4 Å². The first-order valence-electron chi connectivity index (χ1n) is 7.46. The second-order valence-electron chi connectivity index (χ2n) is 5.39. The lowest BCUT2D eigenvalue weighted by Crippen LogP contribution is -2.37. The maximum Gasteiger partial charge on any atom is 0.294 e. The van der Waals surface area contributed by atoms with E-state index >= 15 is 0 Å². The van der Waals surface area contributed by atoms with E-state index in [1.165, 1.54) is 17.0 Å². The van der Waals surface area contributed by atoms with Gasteiger partial charge in [-0.1, -0.05) is 6.08 Å². The number of anilines is 2. The van der Waals surface area contributed by atoms with Crippen LogP contribution in [0.1, 0.15) is 5.56 Å². The Morgan fingerprint density at radius 2 is 1.96 bits per heavy atom. The normalized spacial score (nSPS) is 14.8. The van der Waals surface area contributed by atoms with Crippen LogP contribution in [0.15, 0.2) is 60.9 Å². The summed E-state index contributed by atoms with van der Waals surface area (Å²) in [6.45, 7) is 3.97. The van der Waals surface area contributed by atoms with Crippen molar-refractivity contribution in [1.82, 2.24) is 0 Å². The van der Waals surface area contributed by atoms with E-state index in [2.05, 4.69) is 6.58 Å². The van der Waals surface area contributed by atoms with Crippen molar-refractivity contribution in [2.45, 2.75) is 0 Å². The predicted octanol–water partition coefficient (Wildman–Crippen LogP) is 3.13. The van der Waals surface area contributed by atoms with E-state index in [1.807, 2.05) is 0 Å². The van der Waals surface area contributed by atoms with Crippen molar-refractivity contribution >= 4 is 29.0 Å². The van der Waals surface area contributed by atoms with Crippen LogP contribution < -0.4 is 15.4 Å². The Labute approximate surface area is 143 Å². The molecule has 1 heterocycles. The predicted molar refractivity (Wildman–Crippen MR) is 95.1 cm³/mol. The molecule has 25 heavy (non-hydrogen) atoms. The maximum atomic E-state index is 12.7. The molecule has 0 bridgehead atoms. The van der Waals surface area contributed by atoms with Gasteiger partial charge in [0.05, 0.1) is 10.6 Å². The van der Waals surface area contributed by atoms with Crippen molar-refractivity contribution in [3.8, 4) is 5.75 Å². The highest BCUT2D eigenvalue weighted by atomic mass is 16.6. The zero-order chi connectivity index (χ0) is 18.0. The summed E-state index contributed by atoms with van der Waals surface area (Å²) in [7, 11) is 0. The lowest BCUT2D eigenvalue weighted by Gasteiger charge is -2.30. The summed E-state index contributed by atoms with van der Waals surface area (Å²) in [6.07, 6.45) is 3.15. The van der Waals surface area contributed by atoms with Crippen LogP contribution in [-0.2, 0) is 4.79 Å². The number of fused-ring (bicyclic) bond motifs is 1. The highest BCUT2D eigenvalue weighted by Gasteiger charge is 2.29. The van der Waals surface area contributed by atoms with Crippen LogP contribution in [0.2, 0.25) is 0 Å². The fourth-order valence-electron chi connectivity index (χ4n) is 2.48. The number of carbonyl (C=O) groups excluding carboxylic acids is 1. The van der Waals surface area contributed by atoms with Gasteiger partial charge in [0, 0.05) is 24.4 Å². The topological polar surface area (TPSA) is 98.7 Å². The van der Waals surface area contributed by atoms with Gasteiger partial charge in [-0.05, 0) is 42.0 Å². The molecule has 2 aromatic rings. The van der Waals surface area contributed by atoms with E-state index in [0.29, 0.717) is 29.2 Å². The van der Waals surface area contributed by atoms with Crippen molar-refractivity contribution < 1.29 is 14.5 Å². The number of hydrogen-bond donors (Lipinski definition) is 1. The molecule has 7 heteroatoms. The number of nitro benzene ring substituents is 1. The maximum absolute atomic E-state index is 12.7. The van der Waals surface area contributed by atoms with Crippen LogP contribution in [0.25, 0.3) is 6.08 Å². The highest BCUT2D eigenvalue weighted by Crippen LogP contribution is 2.37. The lowest BCUT2D eigenvalue weighted by atomic mass is 10.1. The number of nitro groups is 1. The Bertz CT molecular complexity index is 888. The summed E-state index contributed by atoms with van der Waals surface area (Å²) in [5.74, 6) is 0.285. The molecule has 0 saturated carbocycles. The van der Waals surface area contributed by atoms with Crippen LogP contribution in [0.5, 0.6) is 5.75 Å². The van der Waals surface area contributed by atoms with Crippen molar-refractivity contribution in [2.24, 2.45) is 0 Å². The van der Waals surface area contributed by atoms with Crippen LogP contribution in [0, 0.1) is 10.1 Å². The number of nitrogens with zero attached hydrogens (tertiary/aromatic N) is 2.